The van der Waals surface area contributed by atoms with Gasteiger partial charge in [0.05, 0.1) is 6.26 Å². The number of hydrogen-bond acceptors (Lipinski definition) is 4. The van der Waals surface area contributed by atoms with Gasteiger partial charge in [0.1, 0.15) is 18.1 Å². The minimum absolute atomic E-state index is 0.133. The molecule has 2 aromatic carbocycles. The lowest BCUT2D eigenvalue weighted by Crippen LogP contribution is -2.34. The van der Waals surface area contributed by atoms with Gasteiger partial charge < -0.3 is 14.3 Å². The second-order valence-electron chi connectivity index (χ2n) is 8.04. The van der Waals surface area contributed by atoms with Crippen LogP contribution in [-0.2, 0) is 5.60 Å². The average Bonchev–Trinajstić information content (AvgIpc) is 3.50. The van der Waals surface area contributed by atoms with Crippen LogP contribution in [0.3, 0.4) is 0 Å². The van der Waals surface area contributed by atoms with Gasteiger partial charge in [0.15, 0.2) is 5.60 Å². The van der Waals surface area contributed by atoms with E-state index in [1.165, 1.54) is 25.9 Å². The summed E-state index contributed by atoms with van der Waals surface area (Å²) in [5, 5.41) is 12.0. The molecule has 0 bridgehead atoms. The van der Waals surface area contributed by atoms with Gasteiger partial charge in [0, 0.05) is 12.5 Å². The first kappa shape index (κ1) is 20.7. The van der Waals surface area contributed by atoms with Crippen LogP contribution in [0.1, 0.15) is 49.0 Å². The van der Waals surface area contributed by atoms with Crippen LogP contribution in [0.5, 0.6) is 5.75 Å². The summed E-state index contributed by atoms with van der Waals surface area (Å²) in [4.78, 5) is 2.44. The second kappa shape index (κ2) is 9.50. The van der Waals surface area contributed by atoms with Crippen LogP contribution in [0.2, 0.25) is 0 Å². The summed E-state index contributed by atoms with van der Waals surface area (Å²) in [6.45, 7) is 6.10. The molecule has 1 saturated heterocycles. The lowest BCUT2D eigenvalue weighted by Gasteiger charge is -2.35. The third-order valence-electron chi connectivity index (χ3n) is 6.18. The molecule has 158 valence electrons. The SMILES string of the molecule is CC[C@@H](c1ccccc1)[C@](O)(c1ccc(OCCN2CCCC2)cc1)c1ccco1. The molecule has 0 unspecified atom stereocenters. The van der Waals surface area contributed by atoms with E-state index in [4.69, 9.17) is 9.15 Å². The van der Waals surface area contributed by atoms with Gasteiger partial charge in [-0.25, -0.2) is 0 Å². The zero-order valence-corrected chi connectivity index (χ0v) is 17.7. The first-order valence-corrected chi connectivity index (χ1v) is 11.0. The van der Waals surface area contributed by atoms with E-state index in [1.54, 1.807) is 6.26 Å². The maximum atomic E-state index is 12.0. The maximum Gasteiger partial charge on any atom is 0.154 e. The van der Waals surface area contributed by atoms with Crippen LogP contribution >= 0.6 is 0 Å². The van der Waals surface area contributed by atoms with Gasteiger partial charge in [0.25, 0.3) is 0 Å². The third kappa shape index (κ3) is 4.30. The molecule has 1 aliphatic rings. The molecular formula is C26H31NO3. The number of aliphatic hydroxyl groups is 1. The van der Waals surface area contributed by atoms with Crippen molar-refractivity contribution >= 4 is 0 Å². The first-order chi connectivity index (χ1) is 14.7. The molecule has 0 radical (unpaired) electrons. The number of nitrogens with zero attached hydrogens (tertiary/aromatic N) is 1. The van der Waals surface area contributed by atoms with Crippen molar-refractivity contribution in [3.05, 3.63) is 89.9 Å². The van der Waals surface area contributed by atoms with Crippen molar-refractivity contribution in [2.45, 2.75) is 37.7 Å². The summed E-state index contributed by atoms with van der Waals surface area (Å²) in [6, 6.07) is 21.6. The highest BCUT2D eigenvalue weighted by Gasteiger charge is 2.42. The van der Waals surface area contributed by atoms with E-state index in [2.05, 4.69) is 24.0 Å². The Labute approximate surface area is 179 Å². The molecule has 0 aliphatic carbocycles. The normalized spacial score (nSPS) is 17.5. The molecule has 30 heavy (non-hydrogen) atoms. The molecule has 0 spiro atoms. The summed E-state index contributed by atoms with van der Waals surface area (Å²) >= 11 is 0. The maximum absolute atomic E-state index is 12.0. The molecule has 1 aliphatic heterocycles. The Hall–Kier alpha value is -2.56. The average molecular weight is 406 g/mol. The first-order valence-electron chi connectivity index (χ1n) is 11.0. The highest BCUT2D eigenvalue weighted by molar-refractivity contribution is 5.40. The van der Waals surface area contributed by atoms with Crippen molar-refractivity contribution in [2.75, 3.05) is 26.2 Å². The molecule has 4 heteroatoms. The largest absolute Gasteiger partial charge is 0.492 e. The summed E-state index contributed by atoms with van der Waals surface area (Å²) < 4.78 is 11.7. The Morgan fingerprint density at radius 3 is 2.37 bits per heavy atom. The number of hydrogen-bond donors (Lipinski definition) is 1. The van der Waals surface area contributed by atoms with Gasteiger partial charge in [-0.2, -0.15) is 0 Å². The standard InChI is InChI=1S/C26H31NO3/c1-2-24(21-9-4-3-5-10-21)26(28,25-11-8-19-30-25)22-12-14-23(15-13-22)29-20-18-27-16-6-7-17-27/h3-5,8-15,19,24,28H,2,6-7,16-18,20H2,1H3/t24-,26+/m0/s1. The van der Waals surface area contributed by atoms with Gasteiger partial charge in [-0.05, 0) is 67.7 Å². The van der Waals surface area contributed by atoms with E-state index < -0.39 is 5.60 Å². The van der Waals surface area contributed by atoms with Gasteiger partial charge in [-0.15, -0.1) is 0 Å². The highest BCUT2D eigenvalue weighted by atomic mass is 16.5. The lowest BCUT2D eigenvalue weighted by molar-refractivity contribution is 0.0259. The Bertz CT molecular complexity index is 886. The van der Waals surface area contributed by atoms with Crippen LogP contribution in [0.4, 0.5) is 0 Å². The summed E-state index contributed by atoms with van der Waals surface area (Å²) in [7, 11) is 0. The number of furan rings is 1. The third-order valence-corrected chi connectivity index (χ3v) is 6.18. The molecule has 1 aromatic heterocycles. The van der Waals surface area contributed by atoms with E-state index in [9.17, 15) is 5.11 Å². The van der Waals surface area contributed by atoms with Crippen molar-refractivity contribution < 1.29 is 14.3 Å². The van der Waals surface area contributed by atoms with Crippen molar-refractivity contribution in [1.29, 1.82) is 0 Å². The fraction of sp³-hybridized carbons (Fsp3) is 0.385. The fourth-order valence-electron chi connectivity index (χ4n) is 4.57. The van der Waals surface area contributed by atoms with Crippen LogP contribution in [0.15, 0.2) is 77.4 Å². The highest BCUT2D eigenvalue weighted by Crippen LogP contribution is 2.44. The molecule has 2 atom stereocenters. The van der Waals surface area contributed by atoms with Crippen molar-refractivity contribution in [3.8, 4) is 5.75 Å². The summed E-state index contributed by atoms with van der Waals surface area (Å²) in [5.41, 5.74) is 0.637. The van der Waals surface area contributed by atoms with Crippen LogP contribution in [0, 0.1) is 0 Å². The number of benzene rings is 2. The topological polar surface area (TPSA) is 45.8 Å². The van der Waals surface area contributed by atoms with Gasteiger partial charge in [0.2, 0.25) is 0 Å². The number of likely N-dealkylation sites (tertiary alicyclic amines) is 1. The molecule has 1 fully saturated rings. The minimum atomic E-state index is -1.26. The molecule has 1 N–H and O–H groups in total. The van der Waals surface area contributed by atoms with E-state index in [-0.39, 0.29) is 5.92 Å². The smallest absolute Gasteiger partial charge is 0.154 e. The van der Waals surface area contributed by atoms with Gasteiger partial charge >= 0.3 is 0 Å². The molecular weight excluding hydrogens is 374 g/mol. The second-order valence-corrected chi connectivity index (χ2v) is 8.04. The molecule has 0 saturated carbocycles. The molecule has 4 nitrogen and oxygen atoms in total. The van der Waals surface area contributed by atoms with Crippen molar-refractivity contribution in [1.82, 2.24) is 4.90 Å². The van der Waals surface area contributed by atoms with Crippen LogP contribution < -0.4 is 4.74 Å². The predicted molar refractivity (Wildman–Crippen MR) is 119 cm³/mol. The van der Waals surface area contributed by atoms with Gasteiger partial charge in [-0.1, -0.05) is 49.4 Å². The molecule has 2 heterocycles. The minimum Gasteiger partial charge on any atom is -0.492 e. The van der Waals surface area contributed by atoms with E-state index in [1.807, 2.05) is 54.6 Å². The van der Waals surface area contributed by atoms with Crippen LogP contribution in [0.25, 0.3) is 0 Å². The lowest BCUT2D eigenvalue weighted by atomic mass is 9.74. The van der Waals surface area contributed by atoms with E-state index in [0.29, 0.717) is 12.4 Å². The Morgan fingerprint density at radius 1 is 1.00 bits per heavy atom. The van der Waals surface area contributed by atoms with Crippen LogP contribution in [-0.4, -0.2) is 36.2 Å². The monoisotopic (exact) mass is 405 g/mol. The zero-order valence-electron chi connectivity index (χ0n) is 17.7. The van der Waals surface area contributed by atoms with Crippen molar-refractivity contribution in [2.24, 2.45) is 0 Å². The Morgan fingerprint density at radius 2 is 1.73 bits per heavy atom. The van der Waals surface area contributed by atoms with E-state index >= 15 is 0 Å². The summed E-state index contributed by atoms with van der Waals surface area (Å²) in [5.74, 6) is 1.25. The van der Waals surface area contributed by atoms with Gasteiger partial charge in [-0.3, -0.25) is 4.90 Å². The Kier molecular flexibility index (Phi) is 6.56. The van der Waals surface area contributed by atoms with E-state index in [0.717, 1.165) is 29.8 Å². The Balaban J connectivity index is 1.56. The molecule has 4 rings (SSSR count). The summed E-state index contributed by atoms with van der Waals surface area (Å²) in [6.07, 6.45) is 4.98. The fourth-order valence-corrected chi connectivity index (χ4v) is 4.57. The quantitative estimate of drug-likeness (QED) is 0.533. The molecule has 0 amide bonds. The predicted octanol–water partition coefficient (Wildman–Crippen LogP) is 5.18. The molecule has 3 aromatic rings. The number of ether oxygens (including phenoxy) is 1. The zero-order chi connectivity index (χ0) is 20.8. The number of rotatable bonds is 9. The van der Waals surface area contributed by atoms with Crippen molar-refractivity contribution in [3.63, 3.8) is 0 Å².